The van der Waals surface area contributed by atoms with Crippen molar-refractivity contribution in [2.75, 3.05) is 32.0 Å². The average molecular weight is 277 g/mol. The van der Waals surface area contributed by atoms with Crippen molar-refractivity contribution in [1.29, 1.82) is 0 Å². The Bertz CT molecular complexity index is 449. The summed E-state index contributed by atoms with van der Waals surface area (Å²) in [5, 5.41) is 3.00. The molecular formula is C16H27N3O. The molecule has 20 heavy (non-hydrogen) atoms. The Morgan fingerprint density at radius 1 is 1.30 bits per heavy atom. The topological polar surface area (TPSA) is 58.4 Å². The molecule has 1 aromatic rings. The van der Waals surface area contributed by atoms with Crippen molar-refractivity contribution in [3.63, 3.8) is 0 Å². The molecule has 0 saturated heterocycles. The van der Waals surface area contributed by atoms with Gasteiger partial charge in [0.1, 0.15) is 0 Å². The van der Waals surface area contributed by atoms with E-state index in [1.807, 2.05) is 44.0 Å². The summed E-state index contributed by atoms with van der Waals surface area (Å²) < 4.78 is 0. The summed E-state index contributed by atoms with van der Waals surface area (Å²) in [5.74, 6) is 0.0118. The maximum Gasteiger partial charge on any atom is 0.238 e. The monoisotopic (exact) mass is 277 g/mol. The molecule has 0 heterocycles. The van der Waals surface area contributed by atoms with Gasteiger partial charge in [-0.2, -0.15) is 0 Å². The van der Waals surface area contributed by atoms with Crippen LogP contribution in [0.15, 0.2) is 18.2 Å². The van der Waals surface area contributed by atoms with Gasteiger partial charge in [0.2, 0.25) is 5.91 Å². The van der Waals surface area contributed by atoms with Gasteiger partial charge in [0.05, 0.1) is 6.54 Å². The fourth-order valence-corrected chi connectivity index (χ4v) is 2.29. The fraction of sp³-hybridized carbons (Fsp3) is 0.562. The van der Waals surface area contributed by atoms with Crippen molar-refractivity contribution >= 4 is 11.6 Å². The molecule has 0 radical (unpaired) electrons. The fourth-order valence-electron chi connectivity index (χ4n) is 2.29. The zero-order valence-corrected chi connectivity index (χ0v) is 13.3. The van der Waals surface area contributed by atoms with Crippen molar-refractivity contribution in [2.24, 2.45) is 11.1 Å². The minimum Gasteiger partial charge on any atom is -0.330 e. The molecule has 1 rings (SSSR count). The molecule has 0 aromatic heterocycles. The molecule has 0 aliphatic heterocycles. The Morgan fingerprint density at radius 3 is 2.35 bits per heavy atom. The van der Waals surface area contributed by atoms with Crippen LogP contribution in [0, 0.1) is 19.3 Å². The van der Waals surface area contributed by atoms with Gasteiger partial charge in [-0.3, -0.25) is 9.69 Å². The molecule has 0 saturated carbocycles. The Hall–Kier alpha value is -1.39. The number of nitrogens with two attached hydrogens (primary N) is 1. The SMILES string of the molecule is Cc1cccc(C)c1NC(=O)CN(C)CC(C)(C)CN. The summed E-state index contributed by atoms with van der Waals surface area (Å²) in [7, 11) is 1.95. The third-order valence-corrected chi connectivity index (χ3v) is 3.41. The first kappa shape index (κ1) is 16.7. The number of para-hydroxylation sites is 1. The third-order valence-electron chi connectivity index (χ3n) is 3.41. The largest absolute Gasteiger partial charge is 0.330 e. The lowest BCUT2D eigenvalue weighted by Gasteiger charge is -2.28. The summed E-state index contributed by atoms with van der Waals surface area (Å²) >= 11 is 0. The van der Waals surface area contributed by atoms with Gasteiger partial charge in [0, 0.05) is 12.2 Å². The van der Waals surface area contributed by atoms with Crippen LogP contribution in [0.4, 0.5) is 5.69 Å². The lowest BCUT2D eigenvalue weighted by molar-refractivity contribution is -0.117. The van der Waals surface area contributed by atoms with E-state index in [1.54, 1.807) is 0 Å². The second-order valence-electron chi connectivity index (χ2n) is 6.36. The number of aryl methyl sites for hydroxylation is 2. The Labute approximate surface area is 122 Å². The van der Waals surface area contributed by atoms with Crippen LogP contribution in [0.25, 0.3) is 0 Å². The number of amides is 1. The number of carbonyl (C=O) groups is 1. The van der Waals surface area contributed by atoms with Crippen molar-refractivity contribution in [2.45, 2.75) is 27.7 Å². The highest BCUT2D eigenvalue weighted by Gasteiger charge is 2.19. The molecule has 0 unspecified atom stereocenters. The standard InChI is InChI=1S/C16H27N3O/c1-12-7-6-8-13(2)15(12)18-14(20)9-19(5)11-16(3,4)10-17/h6-8H,9-11,17H2,1-5H3,(H,18,20). The number of hydrogen-bond donors (Lipinski definition) is 2. The normalized spacial score (nSPS) is 11.8. The highest BCUT2D eigenvalue weighted by Crippen LogP contribution is 2.19. The third kappa shape index (κ3) is 4.94. The Kier molecular flexibility index (Phi) is 5.72. The van der Waals surface area contributed by atoms with E-state index in [-0.39, 0.29) is 11.3 Å². The average Bonchev–Trinajstić information content (AvgIpc) is 2.33. The number of nitrogens with zero attached hydrogens (tertiary/aromatic N) is 1. The van der Waals surface area contributed by atoms with Crippen molar-refractivity contribution < 1.29 is 4.79 Å². The Morgan fingerprint density at radius 2 is 1.85 bits per heavy atom. The summed E-state index contributed by atoms with van der Waals surface area (Å²) in [4.78, 5) is 14.1. The van der Waals surface area contributed by atoms with E-state index >= 15 is 0 Å². The number of carbonyl (C=O) groups excluding carboxylic acids is 1. The highest BCUT2D eigenvalue weighted by molar-refractivity contribution is 5.93. The van der Waals surface area contributed by atoms with Gasteiger partial charge in [-0.1, -0.05) is 32.0 Å². The van der Waals surface area contributed by atoms with Gasteiger partial charge in [-0.15, -0.1) is 0 Å². The van der Waals surface area contributed by atoms with Gasteiger partial charge in [0.25, 0.3) is 0 Å². The molecule has 0 atom stereocenters. The summed E-state index contributed by atoms with van der Waals surface area (Å²) in [6, 6.07) is 6.00. The molecule has 3 N–H and O–H groups in total. The predicted molar refractivity (Wildman–Crippen MR) is 84.9 cm³/mol. The molecule has 4 heteroatoms. The van der Waals surface area contributed by atoms with E-state index in [2.05, 4.69) is 19.2 Å². The van der Waals surface area contributed by atoms with Gasteiger partial charge in [0.15, 0.2) is 0 Å². The Balaban J connectivity index is 2.60. The van der Waals surface area contributed by atoms with Gasteiger partial charge in [-0.25, -0.2) is 0 Å². The highest BCUT2D eigenvalue weighted by atomic mass is 16.2. The minimum atomic E-state index is 0.0118. The quantitative estimate of drug-likeness (QED) is 0.837. The number of rotatable bonds is 6. The number of nitrogens with one attached hydrogen (secondary N) is 1. The lowest BCUT2D eigenvalue weighted by atomic mass is 9.93. The van der Waals surface area contributed by atoms with Crippen LogP contribution < -0.4 is 11.1 Å². The molecule has 1 aromatic carbocycles. The summed E-state index contributed by atoms with van der Waals surface area (Å²) in [5.41, 5.74) is 8.84. The van der Waals surface area contributed by atoms with Crippen LogP contribution in [-0.2, 0) is 4.79 Å². The number of likely N-dealkylation sites (N-methyl/N-ethyl adjacent to an activating group) is 1. The van der Waals surface area contributed by atoms with Crippen LogP contribution in [-0.4, -0.2) is 37.5 Å². The zero-order chi connectivity index (χ0) is 15.3. The van der Waals surface area contributed by atoms with E-state index in [0.29, 0.717) is 13.1 Å². The van der Waals surface area contributed by atoms with Crippen LogP contribution in [0.5, 0.6) is 0 Å². The van der Waals surface area contributed by atoms with E-state index in [0.717, 1.165) is 23.4 Å². The summed E-state index contributed by atoms with van der Waals surface area (Å²) in [6.45, 7) is 9.99. The van der Waals surface area contributed by atoms with Crippen molar-refractivity contribution in [1.82, 2.24) is 4.90 Å². The molecule has 1 amide bonds. The van der Waals surface area contributed by atoms with E-state index < -0.39 is 0 Å². The minimum absolute atomic E-state index is 0.0118. The van der Waals surface area contributed by atoms with Crippen LogP contribution >= 0.6 is 0 Å². The van der Waals surface area contributed by atoms with Crippen molar-refractivity contribution in [3.05, 3.63) is 29.3 Å². The van der Waals surface area contributed by atoms with Crippen molar-refractivity contribution in [3.8, 4) is 0 Å². The van der Waals surface area contributed by atoms with Gasteiger partial charge < -0.3 is 11.1 Å². The maximum absolute atomic E-state index is 12.1. The van der Waals surface area contributed by atoms with Gasteiger partial charge in [-0.05, 0) is 44.0 Å². The molecule has 0 fully saturated rings. The molecule has 0 aliphatic carbocycles. The molecule has 4 nitrogen and oxygen atoms in total. The first-order valence-corrected chi connectivity index (χ1v) is 7.00. The number of anilines is 1. The molecule has 112 valence electrons. The van der Waals surface area contributed by atoms with Crippen LogP contribution in [0.3, 0.4) is 0 Å². The number of benzene rings is 1. The molecule has 0 bridgehead atoms. The summed E-state index contributed by atoms with van der Waals surface area (Å²) in [6.07, 6.45) is 0. The smallest absolute Gasteiger partial charge is 0.238 e. The second-order valence-corrected chi connectivity index (χ2v) is 6.36. The zero-order valence-electron chi connectivity index (χ0n) is 13.3. The van der Waals surface area contributed by atoms with Crippen LogP contribution in [0.1, 0.15) is 25.0 Å². The lowest BCUT2D eigenvalue weighted by Crippen LogP contribution is -2.40. The molecular weight excluding hydrogens is 250 g/mol. The molecule has 0 spiro atoms. The maximum atomic E-state index is 12.1. The van der Waals surface area contributed by atoms with E-state index in [4.69, 9.17) is 5.73 Å². The van der Waals surface area contributed by atoms with E-state index in [1.165, 1.54) is 0 Å². The predicted octanol–water partition coefficient (Wildman–Crippen LogP) is 2.16. The van der Waals surface area contributed by atoms with Crippen LogP contribution in [0.2, 0.25) is 0 Å². The molecule has 0 aliphatic rings. The second kappa shape index (κ2) is 6.86. The van der Waals surface area contributed by atoms with E-state index in [9.17, 15) is 4.79 Å². The first-order valence-electron chi connectivity index (χ1n) is 7.00. The first-order chi connectivity index (χ1) is 9.25. The van der Waals surface area contributed by atoms with Gasteiger partial charge >= 0.3 is 0 Å². The number of hydrogen-bond acceptors (Lipinski definition) is 3.